The molecule has 1 unspecified atom stereocenters. The second-order valence-electron chi connectivity index (χ2n) is 6.98. The van der Waals surface area contributed by atoms with Gasteiger partial charge < -0.3 is 4.55 Å². The van der Waals surface area contributed by atoms with Crippen molar-refractivity contribution in [3.63, 3.8) is 0 Å². The molecule has 0 aliphatic carbocycles. The summed E-state index contributed by atoms with van der Waals surface area (Å²) < 4.78 is 54.6. The lowest BCUT2D eigenvalue weighted by molar-refractivity contribution is 0.483. The summed E-state index contributed by atoms with van der Waals surface area (Å²) in [6.45, 7) is 0. The Labute approximate surface area is 168 Å². The molecule has 0 spiro atoms. The minimum atomic E-state index is -4.27. The Balaban J connectivity index is 1.78. The van der Waals surface area contributed by atoms with Crippen molar-refractivity contribution in [2.45, 2.75) is 9.79 Å². The quantitative estimate of drug-likeness (QED) is 0.251. The fourth-order valence-corrected chi connectivity index (χ4v) is 4.64. The van der Waals surface area contributed by atoms with Gasteiger partial charge in [0, 0.05) is 4.90 Å². The molecule has 1 atom stereocenters. The Morgan fingerprint density at radius 2 is 1.03 bits per heavy atom. The van der Waals surface area contributed by atoms with Crippen molar-refractivity contribution in [1.29, 1.82) is 0 Å². The van der Waals surface area contributed by atoms with E-state index in [9.17, 15) is 21.7 Å². The van der Waals surface area contributed by atoms with E-state index in [4.69, 9.17) is 0 Å². The topological polar surface area (TPSA) is 94.5 Å². The third-order valence-electron chi connectivity index (χ3n) is 5.14. The number of hydrogen-bond acceptors (Lipinski definition) is 4. The van der Waals surface area contributed by atoms with Crippen molar-refractivity contribution in [3.8, 4) is 0 Å². The smallest absolute Gasteiger partial charge is 0.294 e. The molecule has 5 aromatic carbocycles. The van der Waals surface area contributed by atoms with Crippen LogP contribution in [0.25, 0.3) is 43.1 Å². The summed E-state index contributed by atoms with van der Waals surface area (Å²) in [4.78, 5) is 0.0932. The highest BCUT2D eigenvalue weighted by molar-refractivity contribution is 7.85. The lowest BCUT2D eigenvalue weighted by Crippen LogP contribution is -1.97. The molecule has 0 aromatic heterocycles. The van der Waals surface area contributed by atoms with Gasteiger partial charge in [-0.1, -0.05) is 12.1 Å². The van der Waals surface area contributed by atoms with E-state index in [2.05, 4.69) is 6.07 Å². The Kier molecular flexibility index (Phi) is 3.97. The van der Waals surface area contributed by atoms with Gasteiger partial charge in [0.25, 0.3) is 10.1 Å². The van der Waals surface area contributed by atoms with Crippen LogP contribution in [0.5, 0.6) is 0 Å². The third-order valence-corrected chi connectivity index (χ3v) is 6.63. The van der Waals surface area contributed by atoms with E-state index in [0.717, 1.165) is 37.7 Å². The van der Waals surface area contributed by atoms with Crippen molar-refractivity contribution >= 4 is 64.3 Å². The monoisotopic (exact) mass is 421 g/mol. The molecule has 144 valence electrons. The molecule has 0 aliphatic rings. The van der Waals surface area contributed by atoms with Crippen LogP contribution >= 0.6 is 0 Å². The van der Waals surface area contributed by atoms with Gasteiger partial charge in [-0.2, -0.15) is 8.42 Å². The average Bonchev–Trinajstić information content (AvgIpc) is 2.67. The zero-order valence-electron chi connectivity index (χ0n) is 14.8. The SMILES string of the molecule is O=S([O-])c1ccc2cc3cc4cc5ccc(S(=O)(=O)O)cc5cc4cc3cc2c1. The molecule has 0 heterocycles. The number of hydrogen-bond donors (Lipinski definition) is 1. The van der Waals surface area contributed by atoms with Crippen LogP contribution < -0.4 is 0 Å². The van der Waals surface area contributed by atoms with E-state index in [1.165, 1.54) is 12.1 Å². The van der Waals surface area contributed by atoms with Crippen LogP contribution in [-0.2, 0) is 21.2 Å². The zero-order chi connectivity index (χ0) is 20.3. The largest absolute Gasteiger partial charge is 0.768 e. The summed E-state index contributed by atoms with van der Waals surface area (Å²) >= 11 is -2.29. The average molecular weight is 421 g/mol. The van der Waals surface area contributed by atoms with Crippen molar-refractivity contribution in [2.24, 2.45) is 0 Å². The molecule has 0 fully saturated rings. The summed E-state index contributed by atoms with van der Waals surface area (Å²) in [5.41, 5.74) is 0. The maximum absolute atomic E-state index is 11.4. The van der Waals surface area contributed by atoms with Gasteiger partial charge >= 0.3 is 0 Å². The molecule has 5 nitrogen and oxygen atoms in total. The molecule has 0 saturated carbocycles. The fourth-order valence-electron chi connectivity index (χ4n) is 3.72. The van der Waals surface area contributed by atoms with Gasteiger partial charge in [0.2, 0.25) is 0 Å². The van der Waals surface area contributed by atoms with Gasteiger partial charge in [0.1, 0.15) is 0 Å². The van der Waals surface area contributed by atoms with Crippen LogP contribution in [0.4, 0.5) is 0 Å². The van der Waals surface area contributed by atoms with E-state index in [-0.39, 0.29) is 9.79 Å². The lowest BCUT2D eigenvalue weighted by Gasteiger charge is -2.09. The maximum Gasteiger partial charge on any atom is 0.294 e. The molecular formula is C22H13O5S2-. The molecule has 1 N–H and O–H groups in total. The van der Waals surface area contributed by atoms with Crippen LogP contribution in [0.15, 0.2) is 82.6 Å². The Bertz CT molecular complexity index is 1600. The number of benzene rings is 5. The molecule has 0 amide bonds. The second kappa shape index (κ2) is 6.33. The lowest BCUT2D eigenvalue weighted by atomic mass is 9.97. The molecule has 0 radical (unpaired) electrons. The summed E-state index contributed by atoms with van der Waals surface area (Å²) in [6.07, 6.45) is 0. The molecule has 29 heavy (non-hydrogen) atoms. The molecule has 5 aromatic rings. The second-order valence-corrected chi connectivity index (χ2v) is 9.34. The Hall–Kier alpha value is -2.84. The molecular weight excluding hydrogens is 408 g/mol. The molecule has 7 heteroatoms. The van der Waals surface area contributed by atoms with Crippen molar-refractivity contribution in [1.82, 2.24) is 0 Å². The van der Waals surface area contributed by atoms with Gasteiger partial charge in [-0.25, -0.2) is 0 Å². The first-order valence-corrected chi connectivity index (χ1v) is 11.2. The van der Waals surface area contributed by atoms with Gasteiger partial charge in [-0.05, 0) is 115 Å². The molecule has 0 aliphatic heterocycles. The first-order chi connectivity index (χ1) is 13.8. The van der Waals surface area contributed by atoms with Crippen LogP contribution in [0.3, 0.4) is 0 Å². The minimum absolute atomic E-state index is 0.144. The Morgan fingerprint density at radius 1 is 0.621 bits per heavy atom. The van der Waals surface area contributed by atoms with Crippen LogP contribution in [0, 0.1) is 0 Å². The van der Waals surface area contributed by atoms with Crippen LogP contribution in [0.2, 0.25) is 0 Å². The third kappa shape index (κ3) is 3.18. The standard InChI is InChI=1S/C22H14O5S2/c23-28(24)21-3-1-13-5-15-7-16-6-14-2-4-22(29(25,26)27)12-20(14)10-18(16)8-17(15)9-19(13)11-21/h1-12H,(H,23,24)(H,25,26,27)/p-1. The maximum atomic E-state index is 11.4. The highest BCUT2D eigenvalue weighted by Crippen LogP contribution is 2.31. The van der Waals surface area contributed by atoms with Gasteiger partial charge in [-0.3, -0.25) is 8.76 Å². The van der Waals surface area contributed by atoms with Crippen molar-refractivity contribution in [3.05, 3.63) is 72.8 Å². The normalized spacial score (nSPS) is 13.4. The van der Waals surface area contributed by atoms with E-state index in [0.29, 0.717) is 5.39 Å². The predicted molar refractivity (Wildman–Crippen MR) is 113 cm³/mol. The van der Waals surface area contributed by atoms with Gasteiger partial charge in [-0.15, -0.1) is 0 Å². The number of rotatable bonds is 2. The summed E-state index contributed by atoms with van der Waals surface area (Å²) in [5.74, 6) is 0. The number of fused-ring (bicyclic) bond motifs is 4. The first kappa shape index (κ1) is 18.2. The van der Waals surface area contributed by atoms with E-state index in [1.807, 2.05) is 30.3 Å². The van der Waals surface area contributed by atoms with E-state index < -0.39 is 21.2 Å². The summed E-state index contributed by atoms with van der Waals surface area (Å²) in [6, 6.07) is 21.4. The minimum Gasteiger partial charge on any atom is -0.768 e. The van der Waals surface area contributed by atoms with Gasteiger partial charge in [0.05, 0.1) is 4.90 Å². The van der Waals surface area contributed by atoms with Gasteiger partial charge in [0.15, 0.2) is 0 Å². The summed E-state index contributed by atoms with van der Waals surface area (Å²) in [7, 11) is -4.27. The summed E-state index contributed by atoms with van der Waals surface area (Å²) in [5, 5.41) is 7.24. The Morgan fingerprint density at radius 3 is 1.52 bits per heavy atom. The fraction of sp³-hybridized carbons (Fsp3) is 0. The molecule has 0 bridgehead atoms. The first-order valence-electron chi connectivity index (χ1n) is 8.70. The molecule has 0 saturated heterocycles. The van der Waals surface area contributed by atoms with E-state index >= 15 is 0 Å². The van der Waals surface area contributed by atoms with Crippen molar-refractivity contribution < 1.29 is 21.7 Å². The van der Waals surface area contributed by atoms with Crippen LogP contribution in [-0.4, -0.2) is 21.7 Å². The van der Waals surface area contributed by atoms with Crippen molar-refractivity contribution in [2.75, 3.05) is 0 Å². The highest BCUT2D eigenvalue weighted by atomic mass is 32.2. The van der Waals surface area contributed by atoms with E-state index in [1.54, 1.807) is 24.3 Å². The molecule has 5 rings (SSSR count). The predicted octanol–water partition coefficient (Wildman–Crippen LogP) is 4.78. The van der Waals surface area contributed by atoms with Crippen LogP contribution in [0.1, 0.15) is 0 Å². The zero-order valence-corrected chi connectivity index (χ0v) is 16.5. The highest BCUT2D eigenvalue weighted by Gasteiger charge is 2.11.